The van der Waals surface area contributed by atoms with Crippen LogP contribution in [-0.2, 0) is 11.3 Å². The normalized spacial score (nSPS) is 23.8. The fraction of sp³-hybridized carbons (Fsp3) is 0.438. The molecule has 4 rings (SSSR count). The zero-order chi connectivity index (χ0) is 15.6. The second kappa shape index (κ2) is 6.10. The van der Waals surface area contributed by atoms with Crippen LogP contribution in [-0.4, -0.2) is 32.8 Å². The lowest BCUT2D eigenvalue weighted by Gasteiger charge is -2.08. The van der Waals surface area contributed by atoms with E-state index in [1.807, 2.05) is 30.6 Å². The Morgan fingerprint density at radius 3 is 3.04 bits per heavy atom. The fourth-order valence-corrected chi connectivity index (χ4v) is 2.97. The van der Waals surface area contributed by atoms with Crippen LogP contribution in [0.3, 0.4) is 0 Å². The molecule has 2 fully saturated rings. The third kappa shape index (κ3) is 3.40. The van der Waals surface area contributed by atoms with Crippen molar-refractivity contribution in [2.45, 2.75) is 37.9 Å². The number of nitrogens with one attached hydrogen (secondary N) is 3. The number of amides is 1. The van der Waals surface area contributed by atoms with Crippen LogP contribution in [0.25, 0.3) is 0 Å². The SMILES string of the molecule is O=C(Nc1ccn(Cc2cccnc2)n1)C1CC(C2CC2)NN1. The molecule has 3 heterocycles. The Kier molecular flexibility index (Phi) is 3.80. The molecule has 7 nitrogen and oxygen atoms in total. The largest absolute Gasteiger partial charge is 0.308 e. The predicted molar refractivity (Wildman–Crippen MR) is 85.4 cm³/mol. The van der Waals surface area contributed by atoms with Crippen LogP contribution in [0, 0.1) is 5.92 Å². The average Bonchev–Trinajstić information content (AvgIpc) is 3.13. The zero-order valence-corrected chi connectivity index (χ0v) is 12.8. The Morgan fingerprint density at radius 2 is 2.26 bits per heavy atom. The molecule has 2 atom stereocenters. The highest BCUT2D eigenvalue weighted by Gasteiger charge is 2.38. The number of pyridine rings is 1. The first-order valence-electron chi connectivity index (χ1n) is 8.02. The molecule has 2 aromatic rings. The molecule has 2 aliphatic rings. The number of anilines is 1. The Hall–Kier alpha value is -2.25. The van der Waals surface area contributed by atoms with Crippen LogP contribution >= 0.6 is 0 Å². The second-order valence-corrected chi connectivity index (χ2v) is 6.27. The molecule has 1 amide bonds. The Labute approximate surface area is 134 Å². The Morgan fingerprint density at radius 1 is 1.35 bits per heavy atom. The molecule has 2 unspecified atom stereocenters. The lowest BCUT2D eigenvalue weighted by Crippen LogP contribution is -2.40. The number of hydrogen-bond acceptors (Lipinski definition) is 5. The van der Waals surface area contributed by atoms with Crippen molar-refractivity contribution in [1.82, 2.24) is 25.6 Å². The van der Waals surface area contributed by atoms with E-state index in [0.717, 1.165) is 17.9 Å². The number of carbonyl (C=O) groups excluding carboxylic acids is 1. The summed E-state index contributed by atoms with van der Waals surface area (Å²) in [7, 11) is 0. The Bertz CT molecular complexity index is 681. The molecule has 120 valence electrons. The number of hydrogen-bond donors (Lipinski definition) is 3. The van der Waals surface area contributed by atoms with E-state index >= 15 is 0 Å². The van der Waals surface area contributed by atoms with Crippen LogP contribution in [0.4, 0.5) is 5.82 Å². The molecule has 0 radical (unpaired) electrons. The standard InChI is InChI=1S/C16H20N6O/c23-16(14-8-13(19-20-14)12-3-4-12)18-15-5-7-22(21-15)10-11-2-1-6-17-9-11/h1-2,5-7,9,12-14,19-20H,3-4,8,10H2,(H,18,21,23). The van der Waals surface area contributed by atoms with Gasteiger partial charge in [0.05, 0.1) is 6.54 Å². The summed E-state index contributed by atoms with van der Waals surface area (Å²) in [6.07, 6.45) is 8.80. The summed E-state index contributed by atoms with van der Waals surface area (Å²) in [5.74, 6) is 1.28. The average molecular weight is 312 g/mol. The van der Waals surface area contributed by atoms with E-state index in [9.17, 15) is 4.79 Å². The smallest absolute Gasteiger partial charge is 0.244 e. The monoisotopic (exact) mass is 312 g/mol. The number of nitrogens with zero attached hydrogens (tertiary/aromatic N) is 3. The molecule has 1 saturated heterocycles. The summed E-state index contributed by atoms with van der Waals surface area (Å²) in [6, 6.07) is 5.95. The minimum absolute atomic E-state index is 0.0349. The summed E-state index contributed by atoms with van der Waals surface area (Å²) < 4.78 is 1.79. The zero-order valence-electron chi connectivity index (χ0n) is 12.8. The van der Waals surface area contributed by atoms with Gasteiger partial charge in [-0.05, 0) is 36.8 Å². The summed E-state index contributed by atoms with van der Waals surface area (Å²) in [4.78, 5) is 16.4. The van der Waals surface area contributed by atoms with Gasteiger partial charge in [0.1, 0.15) is 6.04 Å². The van der Waals surface area contributed by atoms with E-state index in [4.69, 9.17) is 0 Å². The lowest BCUT2D eigenvalue weighted by molar-refractivity contribution is -0.117. The first-order valence-corrected chi connectivity index (χ1v) is 8.02. The third-order valence-corrected chi connectivity index (χ3v) is 4.40. The van der Waals surface area contributed by atoms with Gasteiger partial charge in [-0.15, -0.1) is 0 Å². The summed E-state index contributed by atoms with van der Waals surface area (Å²) in [5.41, 5.74) is 7.39. The fourth-order valence-electron chi connectivity index (χ4n) is 2.97. The molecule has 0 aromatic carbocycles. The van der Waals surface area contributed by atoms with Gasteiger partial charge in [0.15, 0.2) is 5.82 Å². The number of hydrazine groups is 1. The maximum Gasteiger partial charge on any atom is 0.244 e. The van der Waals surface area contributed by atoms with E-state index in [2.05, 4.69) is 26.3 Å². The van der Waals surface area contributed by atoms with Crippen molar-refractivity contribution in [3.63, 3.8) is 0 Å². The molecular formula is C16H20N6O. The second-order valence-electron chi connectivity index (χ2n) is 6.27. The predicted octanol–water partition coefficient (Wildman–Crippen LogP) is 0.910. The lowest BCUT2D eigenvalue weighted by atomic mass is 10.1. The summed E-state index contributed by atoms with van der Waals surface area (Å²) >= 11 is 0. The van der Waals surface area contributed by atoms with Crippen molar-refractivity contribution < 1.29 is 4.79 Å². The highest BCUT2D eigenvalue weighted by atomic mass is 16.2. The molecule has 7 heteroatoms. The highest BCUT2D eigenvalue weighted by molar-refractivity contribution is 5.94. The highest BCUT2D eigenvalue weighted by Crippen LogP contribution is 2.35. The van der Waals surface area contributed by atoms with Crippen molar-refractivity contribution in [3.8, 4) is 0 Å². The van der Waals surface area contributed by atoms with Gasteiger partial charge < -0.3 is 5.32 Å². The van der Waals surface area contributed by atoms with Gasteiger partial charge in [-0.1, -0.05) is 6.07 Å². The minimum atomic E-state index is -0.191. The van der Waals surface area contributed by atoms with E-state index in [-0.39, 0.29) is 11.9 Å². The van der Waals surface area contributed by atoms with Gasteiger partial charge in [-0.3, -0.25) is 19.9 Å². The van der Waals surface area contributed by atoms with Crippen molar-refractivity contribution in [2.24, 2.45) is 5.92 Å². The van der Waals surface area contributed by atoms with Crippen LogP contribution in [0.5, 0.6) is 0 Å². The first kappa shape index (κ1) is 14.3. The van der Waals surface area contributed by atoms with Gasteiger partial charge in [-0.25, -0.2) is 5.43 Å². The molecule has 2 aromatic heterocycles. The van der Waals surface area contributed by atoms with E-state index in [0.29, 0.717) is 18.4 Å². The molecule has 0 bridgehead atoms. The topological polar surface area (TPSA) is 83.9 Å². The van der Waals surface area contributed by atoms with Crippen molar-refractivity contribution >= 4 is 11.7 Å². The van der Waals surface area contributed by atoms with Crippen molar-refractivity contribution in [2.75, 3.05) is 5.32 Å². The van der Waals surface area contributed by atoms with Crippen LogP contribution in [0.1, 0.15) is 24.8 Å². The number of rotatable bonds is 5. The van der Waals surface area contributed by atoms with Gasteiger partial charge in [0.25, 0.3) is 0 Å². The van der Waals surface area contributed by atoms with Gasteiger partial charge in [0, 0.05) is 30.7 Å². The Balaban J connectivity index is 1.33. The summed E-state index contributed by atoms with van der Waals surface area (Å²) in [5, 5.41) is 7.27. The number of carbonyl (C=O) groups is 1. The van der Waals surface area contributed by atoms with Crippen LogP contribution < -0.4 is 16.2 Å². The number of aromatic nitrogens is 3. The maximum atomic E-state index is 12.3. The van der Waals surface area contributed by atoms with Crippen LogP contribution in [0.2, 0.25) is 0 Å². The van der Waals surface area contributed by atoms with Crippen LogP contribution in [0.15, 0.2) is 36.8 Å². The maximum absolute atomic E-state index is 12.3. The van der Waals surface area contributed by atoms with E-state index in [1.54, 1.807) is 10.9 Å². The molecule has 0 spiro atoms. The summed E-state index contributed by atoms with van der Waals surface area (Å²) in [6.45, 7) is 0.636. The van der Waals surface area contributed by atoms with Gasteiger partial charge >= 0.3 is 0 Å². The van der Waals surface area contributed by atoms with Gasteiger partial charge in [-0.2, -0.15) is 5.10 Å². The molecule has 1 saturated carbocycles. The van der Waals surface area contributed by atoms with E-state index < -0.39 is 0 Å². The minimum Gasteiger partial charge on any atom is -0.308 e. The van der Waals surface area contributed by atoms with Crippen molar-refractivity contribution in [3.05, 3.63) is 42.4 Å². The molecule has 1 aliphatic heterocycles. The quantitative estimate of drug-likeness (QED) is 0.764. The molecule has 1 aliphatic carbocycles. The third-order valence-electron chi connectivity index (χ3n) is 4.40. The molecule has 23 heavy (non-hydrogen) atoms. The van der Waals surface area contributed by atoms with Crippen molar-refractivity contribution in [1.29, 1.82) is 0 Å². The molecular weight excluding hydrogens is 292 g/mol. The molecule has 3 N–H and O–H groups in total. The van der Waals surface area contributed by atoms with E-state index in [1.165, 1.54) is 12.8 Å². The first-order chi connectivity index (χ1) is 11.3. The van der Waals surface area contributed by atoms with Gasteiger partial charge in [0.2, 0.25) is 5.91 Å².